The van der Waals surface area contributed by atoms with E-state index in [1.54, 1.807) is 0 Å². The van der Waals surface area contributed by atoms with Gasteiger partial charge in [-0.1, -0.05) is 0 Å². The zero-order chi connectivity index (χ0) is 8.97. The van der Waals surface area contributed by atoms with Gasteiger partial charge in [0.05, 0.1) is 0 Å². The van der Waals surface area contributed by atoms with Crippen LogP contribution in [0.5, 0.6) is 0 Å². The Bertz CT molecular complexity index is 151. The zero-order valence-corrected chi connectivity index (χ0v) is 7.16. The fourth-order valence-electron chi connectivity index (χ4n) is 1.10. The highest BCUT2D eigenvalue weighted by Gasteiger charge is 2.20. The SMILES string of the molecule is CC(O[C@@H]1CCCCO1)C(=O)O. The minimum absolute atomic E-state index is 0.315. The molecule has 0 aliphatic carbocycles. The molecule has 0 amide bonds. The van der Waals surface area contributed by atoms with Crippen LogP contribution in [0.25, 0.3) is 0 Å². The number of hydrogen-bond donors (Lipinski definition) is 1. The molecule has 0 aromatic rings. The molecule has 2 atom stereocenters. The molecule has 1 fully saturated rings. The lowest BCUT2D eigenvalue weighted by Crippen LogP contribution is -2.30. The first-order valence-electron chi connectivity index (χ1n) is 4.20. The molecule has 0 aromatic carbocycles. The predicted molar refractivity (Wildman–Crippen MR) is 41.8 cm³/mol. The molecular weight excluding hydrogens is 160 g/mol. The number of aliphatic carboxylic acids is 1. The molecular formula is C8H14O4. The first kappa shape index (κ1) is 9.48. The molecule has 1 unspecified atom stereocenters. The summed E-state index contributed by atoms with van der Waals surface area (Å²) in [5.41, 5.74) is 0. The largest absolute Gasteiger partial charge is 0.479 e. The maximum absolute atomic E-state index is 10.4. The third-order valence-corrected chi connectivity index (χ3v) is 1.84. The molecule has 1 heterocycles. The molecule has 0 aromatic heterocycles. The Morgan fingerprint density at radius 2 is 2.42 bits per heavy atom. The van der Waals surface area contributed by atoms with Crippen LogP contribution in [-0.2, 0) is 14.3 Å². The van der Waals surface area contributed by atoms with E-state index >= 15 is 0 Å². The van der Waals surface area contributed by atoms with E-state index in [-0.39, 0.29) is 6.29 Å². The van der Waals surface area contributed by atoms with Crippen molar-refractivity contribution in [2.75, 3.05) is 6.61 Å². The van der Waals surface area contributed by atoms with E-state index in [1.807, 2.05) is 0 Å². The first-order chi connectivity index (χ1) is 5.70. The molecule has 1 saturated heterocycles. The average molecular weight is 174 g/mol. The van der Waals surface area contributed by atoms with Gasteiger partial charge in [-0.15, -0.1) is 0 Å². The lowest BCUT2D eigenvalue weighted by Gasteiger charge is -2.24. The van der Waals surface area contributed by atoms with Crippen LogP contribution in [-0.4, -0.2) is 30.1 Å². The smallest absolute Gasteiger partial charge is 0.332 e. The quantitative estimate of drug-likeness (QED) is 0.693. The minimum atomic E-state index is -0.941. The van der Waals surface area contributed by atoms with Crippen molar-refractivity contribution in [2.24, 2.45) is 0 Å². The summed E-state index contributed by atoms with van der Waals surface area (Å²) in [6.45, 7) is 2.19. The summed E-state index contributed by atoms with van der Waals surface area (Å²) in [7, 11) is 0. The molecule has 0 bridgehead atoms. The number of ether oxygens (including phenoxy) is 2. The van der Waals surface area contributed by atoms with Crippen molar-refractivity contribution in [3.63, 3.8) is 0 Å². The van der Waals surface area contributed by atoms with Gasteiger partial charge in [-0.2, -0.15) is 0 Å². The highest BCUT2D eigenvalue weighted by molar-refractivity contribution is 5.71. The molecule has 1 aliphatic rings. The lowest BCUT2D eigenvalue weighted by atomic mass is 10.2. The maximum Gasteiger partial charge on any atom is 0.332 e. The molecule has 4 nitrogen and oxygen atoms in total. The van der Waals surface area contributed by atoms with Gasteiger partial charge >= 0.3 is 5.97 Å². The number of carboxylic acids is 1. The molecule has 0 saturated carbocycles. The minimum Gasteiger partial charge on any atom is -0.479 e. The molecule has 70 valence electrons. The average Bonchev–Trinajstić information content (AvgIpc) is 2.06. The topological polar surface area (TPSA) is 55.8 Å². The Hall–Kier alpha value is -0.610. The number of hydrogen-bond acceptors (Lipinski definition) is 3. The number of rotatable bonds is 3. The summed E-state index contributed by atoms with van der Waals surface area (Å²) in [4.78, 5) is 10.4. The van der Waals surface area contributed by atoms with Crippen LogP contribution < -0.4 is 0 Å². The van der Waals surface area contributed by atoms with Gasteiger partial charge in [0.25, 0.3) is 0 Å². The highest BCUT2D eigenvalue weighted by Crippen LogP contribution is 2.15. The molecule has 1 rings (SSSR count). The van der Waals surface area contributed by atoms with Gasteiger partial charge in [0.2, 0.25) is 0 Å². The highest BCUT2D eigenvalue weighted by atomic mass is 16.7. The van der Waals surface area contributed by atoms with Crippen molar-refractivity contribution >= 4 is 5.97 Å². The summed E-state index contributed by atoms with van der Waals surface area (Å²) in [5.74, 6) is -0.941. The van der Waals surface area contributed by atoms with Gasteiger partial charge in [-0.25, -0.2) is 4.79 Å². The molecule has 0 spiro atoms. The standard InChI is InChI=1S/C8H14O4/c1-6(8(9)10)12-7-4-2-3-5-11-7/h6-7H,2-5H2,1H3,(H,9,10)/t6?,7-/m1/s1. The third kappa shape index (κ3) is 2.79. The van der Waals surface area contributed by atoms with E-state index in [4.69, 9.17) is 14.6 Å². The van der Waals surface area contributed by atoms with Gasteiger partial charge in [-0.3, -0.25) is 0 Å². The second-order valence-electron chi connectivity index (χ2n) is 2.91. The summed E-state index contributed by atoms with van der Waals surface area (Å²) < 4.78 is 10.3. The molecule has 12 heavy (non-hydrogen) atoms. The Morgan fingerprint density at radius 3 is 2.92 bits per heavy atom. The van der Waals surface area contributed by atoms with Gasteiger partial charge < -0.3 is 14.6 Å². The van der Waals surface area contributed by atoms with Crippen LogP contribution in [0.3, 0.4) is 0 Å². The van der Waals surface area contributed by atoms with E-state index < -0.39 is 12.1 Å². The Balaban J connectivity index is 2.24. The zero-order valence-electron chi connectivity index (χ0n) is 7.16. The molecule has 0 radical (unpaired) electrons. The summed E-state index contributed by atoms with van der Waals surface area (Å²) in [6.07, 6.45) is 1.81. The Morgan fingerprint density at radius 1 is 1.67 bits per heavy atom. The van der Waals surface area contributed by atoms with Crippen LogP contribution in [0.15, 0.2) is 0 Å². The number of carbonyl (C=O) groups is 1. The predicted octanol–water partition coefficient (Wildman–Crippen LogP) is 1.00. The van der Waals surface area contributed by atoms with Crippen molar-refractivity contribution in [3.8, 4) is 0 Å². The van der Waals surface area contributed by atoms with Gasteiger partial charge in [-0.05, 0) is 26.2 Å². The van der Waals surface area contributed by atoms with Crippen molar-refractivity contribution in [3.05, 3.63) is 0 Å². The van der Waals surface area contributed by atoms with Gasteiger partial charge in [0.15, 0.2) is 12.4 Å². The van der Waals surface area contributed by atoms with Crippen LogP contribution in [0.1, 0.15) is 26.2 Å². The van der Waals surface area contributed by atoms with Crippen LogP contribution in [0.4, 0.5) is 0 Å². The van der Waals surface area contributed by atoms with Crippen molar-refractivity contribution < 1.29 is 19.4 Å². The van der Waals surface area contributed by atoms with E-state index in [0.29, 0.717) is 6.61 Å². The molecule has 1 aliphatic heterocycles. The second kappa shape index (κ2) is 4.42. The fourth-order valence-corrected chi connectivity index (χ4v) is 1.10. The van der Waals surface area contributed by atoms with E-state index in [1.165, 1.54) is 6.92 Å². The van der Waals surface area contributed by atoms with Crippen LogP contribution >= 0.6 is 0 Å². The van der Waals surface area contributed by atoms with Crippen molar-refractivity contribution in [1.29, 1.82) is 0 Å². The summed E-state index contributed by atoms with van der Waals surface area (Å²) in [6, 6.07) is 0. The number of carboxylic acid groups (broad SMARTS) is 1. The lowest BCUT2D eigenvalue weighted by molar-refractivity contribution is -0.197. The fraction of sp³-hybridized carbons (Fsp3) is 0.875. The molecule has 1 N–H and O–H groups in total. The summed E-state index contributed by atoms with van der Waals surface area (Å²) >= 11 is 0. The molecule has 4 heteroatoms. The van der Waals surface area contributed by atoms with Crippen molar-refractivity contribution in [2.45, 2.75) is 38.6 Å². The second-order valence-corrected chi connectivity index (χ2v) is 2.91. The van der Waals surface area contributed by atoms with Crippen molar-refractivity contribution in [1.82, 2.24) is 0 Å². The van der Waals surface area contributed by atoms with Gasteiger partial charge in [0, 0.05) is 6.61 Å². The van der Waals surface area contributed by atoms with E-state index in [0.717, 1.165) is 19.3 Å². The van der Waals surface area contributed by atoms with E-state index in [2.05, 4.69) is 0 Å². The Kier molecular flexibility index (Phi) is 3.49. The first-order valence-corrected chi connectivity index (χ1v) is 4.20. The van der Waals surface area contributed by atoms with Crippen LogP contribution in [0.2, 0.25) is 0 Å². The monoisotopic (exact) mass is 174 g/mol. The normalized spacial score (nSPS) is 26.6. The van der Waals surface area contributed by atoms with Gasteiger partial charge in [0.1, 0.15) is 0 Å². The third-order valence-electron chi connectivity index (χ3n) is 1.84. The van der Waals surface area contributed by atoms with E-state index in [9.17, 15) is 4.79 Å². The van der Waals surface area contributed by atoms with Crippen LogP contribution in [0, 0.1) is 0 Å². The Labute approximate surface area is 71.5 Å². The summed E-state index contributed by atoms with van der Waals surface area (Å²) in [5, 5.41) is 8.53. The maximum atomic E-state index is 10.4.